The summed E-state index contributed by atoms with van der Waals surface area (Å²) in [5, 5.41) is 0. The summed E-state index contributed by atoms with van der Waals surface area (Å²) in [4.78, 5) is 4.05. The molecule has 0 amide bonds. The Balaban J connectivity index is 2.32. The van der Waals surface area contributed by atoms with Crippen LogP contribution in [0.1, 0.15) is 16.7 Å². The molecule has 0 fully saturated rings. The summed E-state index contributed by atoms with van der Waals surface area (Å²) in [7, 11) is 0. The van der Waals surface area contributed by atoms with Gasteiger partial charge in [-0.3, -0.25) is 4.98 Å². The summed E-state index contributed by atoms with van der Waals surface area (Å²) in [6.07, 6.45) is 3.54. The molecule has 0 atom stereocenters. The Labute approximate surface area is 95.1 Å². The van der Waals surface area contributed by atoms with Crippen molar-refractivity contribution in [3.8, 4) is 11.8 Å². The first-order chi connectivity index (χ1) is 7.75. The number of benzene rings is 1. The fourth-order valence-electron chi connectivity index (χ4n) is 1.35. The standard InChI is InChI=1S/C14H12N2/c1-11-7-8-16-10-13(11)6-5-12-3-2-4-14(15)9-12/h2-4,7-10H,15H2,1H3. The lowest BCUT2D eigenvalue weighted by molar-refractivity contribution is 1.27. The molecule has 78 valence electrons. The van der Waals surface area contributed by atoms with Crippen molar-refractivity contribution in [2.45, 2.75) is 6.92 Å². The van der Waals surface area contributed by atoms with E-state index in [0.29, 0.717) is 0 Å². The third-order valence-corrected chi connectivity index (χ3v) is 2.27. The van der Waals surface area contributed by atoms with Crippen molar-refractivity contribution in [1.82, 2.24) is 4.98 Å². The molecule has 2 heteroatoms. The first-order valence-corrected chi connectivity index (χ1v) is 5.04. The second-order valence-electron chi connectivity index (χ2n) is 3.57. The molecule has 0 bridgehead atoms. The summed E-state index contributed by atoms with van der Waals surface area (Å²) in [6, 6.07) is 9.49. The minimum absolute atomic E-state index is 0.731. The molecule has 1 aromatic heterocycles. The van der Waals surface area contributed by atoms with Gasteiger partial charge in [-0.2, -0.15) is 0 Å². The number of hydrogen-bond acceptors (Lipinski definition) is 2. The number of nitrogens with two attached hydrogens (primary N) is 1. The van der Waals surface area contributed by atoms with E-state index in [1.807, 2.05) is 37.3 Å². The van der Waals surface area contributed by atoms with Gasteiger partial charge in [-0.15, -0.1) is 0 Å². The van der Waals surface area contributed by atoms with Crippen LogP contribution in [0.4, 0.5) is 5.69 Å². The molecule has 0 aliphatic heterocycles. The summed E-state index contributed by atoms with van der Waals surface area (Å²) >= 11 is 0. The lowest BCUT2D eigenvalue weighted by atomic mass is 10.1. The van der Waals surface area contributed by atoms with Crippen LogP contribution in [0.3, 0.4) is 0 Å². The van der Waals surface area contributed by atoms with Gasteiger partial charge in [0.05, 0.1) is 0 Å². The number of anilines is 1. The summed E-state index contributed by atoms with van der Waals surface area (Å²) in [5.41, 5.74) is 9.41. The van der Waals surface area contributed by atoms with E-state index in [0.717, 1.165) is 22.4 Å². The zero-order valence-corrected chi connectivity index (χ0v) is 9.07. The fourth-order valence-corrected chi connectivity index (χ4v) is 1.35. The highest BCUT2D eigenvalue weighted by Gasteiger charge is 1.92. The van der Waals surface area contributed by atoms with Crippen molar-refractivity contribution in [2.75, 3.05) is 5.73 Å². The number of aromatic nitrogens is 1. The largest absolute Gasteiger partial charge is 0.399 e. The molecule has 2 rings (SSSR count). The van der Waals surface area contributed by atoms with E-state index in [1.54, 1.807) is 12.4 Å². The Morgan fingerprint density at radius 1 is 1.19 bits per heavy atom. The Kier molecular flexibility index (Phi) is 2.88. The molecule has 0 aliphatic rings. The summed E-state index contributed by atoms with van der Waals surface area (Å²) in [6.45, 7) is 2.02. The van der Waals surface area contributed by atoms with Crippen molar-refractivity contribution >= 4 is 5.69 Å². The maximum absolute atomic E-state index is 5.68. The van der Waals surface area contributed by atoms with Crippen LogP contribution in [0.25, 0.3) is 0 Å². The molecule has 0 unspecified atom stereocenters. The van der Waals surface area contributed by atoms with Gasteiger partial charge in [-0.1, -0.05) is 17.9 Å². The van der Waals surface area contributed by atoms with Crippen molar-refractivity contribution in [2.24, 2.45) is 0 Å². The first-order valence-electron chi connectivity index (χ1n) is 5.04. The molecule has 0 spiro atoms. The van der Waals surface area contributed by atoms with Gasteiger partial charge in [0.2, 0.25) is 0 Å². The molecule has 0 saturated heterocycles. The molecular formula is C14H12N2. The third-order valence-electron chi connectivity index (χ3n) is 2.27. The molecule has 0 aliphatic carbocycles. The second kappa shape index (κ2) is 4.50. The topological polar surface area (TPSA) is 38.9 Å². The molecule has 16 heavy (non-hydrogen) atoms. The smallest absolute Gasteiger partial charge is 0.0461 e. The van der Waals surface area contributed by atoms with Gasteiger partial charge < -0.3 is 5.73 Å². The number of nitrogens with zero attached hydrogens (tertiary/aromatic N) is 1. The van der Waals surface area contributed by atoms with E-state index < -0.39 is 0 Å². The van der Waals surface area contributed by atoms with Crippen LogP contribution in [-0.4, -0.2) is 4.98 Å². The SMILES string of the molecule is Cc1ccncc1C#Cc1cccc(N)c1. The maximum Gasteiger partial charge on any atom is 0.0461 e. The van der Waals surface area contributed by atoms with Crippen LogP contribution in [0.2, 0.25) is 0 Å². The lowest BCUT2D eigenvalue weighted by Gasteiger charge is -1.95. The molecule has 2 nitrogen and oxygen atoms in total. The number of hydrogen-bond donors (Lipinski definition) is 1. The van der Waals surface area contributed by atoms with Gasteiger partial charge >= 0.3 is 0 Å². The van der Waals surface area contributed by atoms with Crippen molar-refractivity contribution in [1.29, 1.82) is 0 Å². The van der Waals surface area contributed by atoms with Crippen LogP contribution in [0.15, 0.2) is 42.7 Å². The van der Waals surface area contributed by atoms with Crippen LogP contribution in [-0.2, 0) is 0 Å². The van der Waals surface area contributed by atoms with E-state index in [9.17, 15) is 0 Å². The minimum Gasteiger partial charge on any atom is -0.399 e. The van der Waals surface area contributed by atoms with E-state index in [1.165, 1.54) is 0 Å². The summed E-state index contributed by atoms with van der Waals surface area (Å²) in [5.74, 6) is 6.16. The predicted molar refractivity (Wildman–Crippen MR) is 65.8 cm³/mol. The fraction of sp³-hybridized carbons (Fsp3) is 0.0714. The number of rotatable bonds is 0. The van der Waals surface area contributed by atoms with E-state index in [-0.39, 0.29) is 0 Å². The molecule has 2 N–H and O–H groups in total. The highest BCUT2D eigenvalue weighted by atomic mass is 14.6. The van der Waals surface area contributed by atoms with Crippen molar-refractivity contribution < 1.29 is 0 Å². The maximum atomic E-state index is 5.68. The Bertz CT molecular complexity index is 562. The Hall–Kier alpha value is -2.27. The molecule has 2 aromatic rings. The monoisotopic (exact) mass is 208 g/mol. The van der Waals surface area contributed by atoms with Crippen LogP contribution >= 0.6 is 0 Å². The van der Waals surface area contributed by atoms with E-state index in [4.69, 9.17) is 5.73 Å². The predicted octanol–water partition coefficient (Wildman–Crippen LogP) is 2.37. The zero-order valence-electron chi connectivity index (χ0n) is 9.07. The molecule has 0 saturated carbocycles. The lowest BCUT2D eigenvalue weighted by Crippen LogP contribution is -1.85. The highest BCUT2D eigenvalue weighted by Crippen LogP contribution is 2.06. The quantitative estimate of drug-likeness (QED) is 0.533. The number of nitrogen functional groups attached to an aromatic ring is 1. The average Bonchev–Trinajstić information content (AvgIpc) is 2.28. The second-order valence-corrected chi connectivity index (χ2v) is 3.57. The van der Waals surface area contributed by atoms with Gasteiger partial charge in [0.15, 0.2) is 0 Å². The summed E-state index contributed by atoms with van der Waals surface area (Å²) < 4.78 is 0. The van der Waals surface area contributed by atoms with Gasteiger partial charge in [0.25, 0.3) is 0 Å². The van der Waals surface area contributed by atoms with Gasteiger partial charge in [0, 0.05) is 29.2 Å². The van der Waals surface area contributed by atoms with Crippen LogP contribution in [0, 0.1) is 18.8 Å². The number of pyridine rings is 1. The van der Waals surface area contributed by atoms with E-state index >= 15 is 0 Å². The van der Waals surface area contributed by atoms with E-state index in [2.05, 4.69) is 16.8 Å². The zero-order chi connectivity index (χ0) is 11.4. The van der Waals surface area contributed by atoms with Crippen molar-refractivity contribution in [3.63, 3.8) is 0 Å². The molecular weight excluding hydrogens is 196 g/mol. The van der Waals surface area contributed by atoms with Gasteiger partial charge in [-0.05, 0) is 36.8 Å². The molecule has 0 radical (unpaired) electrons. The van der Waals surface area contributed by atoms with Crippen molar-refractivity contribution in [3.05, 3.63) is 59.4 Å². The molecule has 1 aromatic carbocycles. The first kappa shape index (κ1) is 10.3. The van der Waals surface area contributed by atoms with Gasteiger partial charge in [-0.25, -0.2) is 0 Å². The number of aryl methyl sites for hydroxylation is 1. The Morgan fingerprint density at radius 2 is 2.06 bits per heavy atom. The third kappa shape index (κ3) is 2.40. The minimum atomic E-state index is 0.731. The molecule has 1 heterocycles. The van der Waals surface area contributed by atoms with Gasteiger partial charge in [0.1, 0.15) is 0 Å². The highest BCUT2D eigenvalue weighted by molar-refractivity contribution is 5.50. The van der Waals surface area contributed by atoms with Crippen LogP contribution in [0.5, 0.6) is 0 Å². The Morgan fingerprint density at radius 3 is 2.81 bits per heavy atom. The van der Waals surface area contributed by atoms with Crippen LogP contribution < -0.4 is 5.73 Å². The average molecular weight is 208 g/mol. The normalized spacial score (nSPS) is 9.31.